The summed E-state index contributed by atoms with van der Waals surface area (Å²) in [5.74, 6) is 1.93. The van der Waals surface area contributed by atoms with Crippen LogP contribution in [0.2, 0.25) is 0 Å². The van der Waals surface area contributed by atoms with Crippen LogP contribution in [0, 0.1) is 6.92 Å². The molecule has 15 heavy (non-hydrogen) atoms. The lowest BCUT2D eigenvalue weighted by molar-refractivity contribution is 0.498. The van der Waals surface area contributed by atoms with Crippen LogP contribution in [-0.2, 0) is 0 Å². The van der Waals surface area contributed by atoms with E-state index < -0.39 is 0 Å². The maximum absolute atomic E-state index is 5.51. The van der Waals surface area contributed by atoms with E-state index in [4.69, 9.17) is 8.83 Å². The summed E-state index contributed by atoms with van der Waals surface area (Å²) >= 11 is 3.46. The monoisotopic (exact) mass is 270 g/mol. The molecule has 0 fully saturated rings. The van der Waals surface area contributed by atoms with Gasteiger partial charge in [0.1, 0.15) is 12.0 Å². The number of rotatable bonds is 3. The predicted octanol–water partition coefficient (Wildman–Crippen LogP) is 3.48. The molecule has 2 rings (SSSR count). The van der Waals surface area contributed by atoms with Gasteiger partial charge in [0.15, 0.2) is 0 Å². The number of alkyl halides is 1. The van der Waals surface area contributed by atoms with Crippen molar-refractivity contribution in [2.75, 3.05) is 0 Å². The first-order valence-electron chi connectivity index (χ1n) is 4.73. The van der Waals surface area contributed by atoms with Crippen LogP contribution >= 0.6 is 15.9 Å². The van der Waals surface area contributed by atoms with E-state index in [9.17, 15) is 0 Å². The van der Waals surface area contributed by atoms with Crippen LogP contribution < -0.4 is 0 Å². The Balaban J connectivity index is 2.27. The summed E-state index contributed by atoms with van der Waals surface area (Å²) in [6.45, 7) is 3.92. The fourth-order valence-corrected chi connectivity index (χ4v) is 1.39. The molecule has 80 valence electrons. The lowest BCUT2D eigenvalue weighted by Crippen LogP contribution is -1.86. The zero-order valence-corrected chi connectivity index (χ0v) is 10.1. The van der Waals surface area contributed by atoms with Gasteiger partial charge in [-0.15, -0.1) is 10.2 Å². The minimum absolute atomic E-state index is 0.117. The second-order valence-corrected chi connectivity index (χ2v) is 4.37. The molecule has 1 atom stereocenters. The summed E-state index contributed by atoms with van der Waals surface area (Å²) in [5.41, 5.74) is 0.821. The van der Waals surface area contributed by atoms with Crippen LogP contribution in [0.5, 0.6) is 0 Å². The number of aryl methyl sites for hydroxylation is 1. The fraction of sp³-hybridized carbons (Fsp3) is 0.400. The van der Waals surface area contributed by atoms with Crippen molar-refractivity contribution in [3.63, 3.8) is 0 Å². The summed E-state index contributed by atoms with van der Waals surface area (Å²) in [6, 6.07) is 1.87. The van der Waals surface area contributed by atoms with E-state index >= 15 is 0 Å². The molecule has 0 aliphatic rings. The first-order chi connectivity index (χ1) is 7.20. The number of halogens is 1. The minimum atomic E-state index is 0.117. The first kappa shape index (κ1) is 10.4. The Morgan fingerprint density at radius 3 is 2.87 bits per heavy atom. The highest BCUT2D eigenvalue weighted by molar-refractivity contribution is 9.09. The van der Waals surface area contributed by atoms with Gasteiger partial charge in [-0.1, -0.05) is 22.9 Å². The maximum atomic E-state index is 5.51. The van der Waals surface area contributed by atoms with Crippen molar-refractivity contribution in [3.8, 4) is 11.5 Å². The highest BCUT2D eigenvalue weighted by Gasteiger charge is 2.15. The summed E-state index contributed by atoms with van der Waals surface area (Å²) in [6.07, 6.45) is 2.52. The molecular formula is C10H11BrN2O2. The van der Waals surface area contributed by atoms with E-state index in [-0.39, 0.29) is 4.83 Å². The van der Waals surface area contributed by atoms with Crippen LogP contribution in [0.15, 0.2) is 21.2 Å². The lowest BCUT2D eigenvalue weighted by atomic mass is 10.3. The summed E-state index contributed by atoms with van der Waals surface area (Å²) < 4.78 is 10.7. The maximum Gasteiger partial charge on any atom is 0.251 e. The van der Waals surface area contributed by atoms with Crippen molar-refractivity contribution >= 4 is 15.9 Å². The van der Waals surface area contributed by atoms with E-state index in [0.29, 0.717) is 11.8 Å². The van der Waals surface area contributed by atoms with Gasteiger partial charge in [-0.05, 0) is 19.4 Å². The smallest absolute Gasteiger partial charge is 0.251 e. The predicted molar refractivity (Wildman–Crippen MR) is 58.7 cm³/mol. The molecule has 0 radical (unpaired) electrons. The standard InChI is InChI=1S/C10H11BrN2O2/c1-3-8(11)10-13-12-9(15-10)7-4-6(2)14-5-7/h4-5,8H,3H2,1-2H3. The van der Waals surface area contributed by atoms with Crippen LogP contribution in [-0.4, -0.2) is 10.2 Å². The average Bonchev–Trinajstić information content (AvgIpc) is 2.84. The molecule has 0 N–H and O–H groups in total. The van der Waals surface area contributed by atoms with Gasteiger partial charge in [0.25, 0.3) is 5.89 Å². The molecule has 5 heteroatoms. The van der Waals surface area contributed by atoms with Crippen LogP contribution in [0.25, 0.3) is 11.5 Å². The zero-order chi connectivity index (χ0) is 10.8. The number of hydrogen-bond acceptors (Lipinski definition) is 4. The molecule has 0 saturated carbocycles. The third kappa shape index (κ3) is 2.12. The molecule has 0 aliphatic carbocycles. The highest BCUT2D eigenvalue weighted by Crippen LogP contribution is 2.28. The van der Waals surface area contributed by atoms with Crippen molar-refractivity contribution in [2.45, 2.75) is 25.1 Å². The van der Waals surface area contributed by atoms with E-state index in [1.165, 1.54) is 0 Å². The van der Waals surface area contributed by atoms with Gasteiger partial charge < -0.3 is 8.83 Å². The molecule has 1 unspecified atom stereocenters. The Bertz CT molecular complexity index is 450. The molecule has 0 aliphatic heterocycles. The molecule has 0 bridgehead atoms. The van der Waals surface area contributed by atoms with Gasteiger partial charge in [0.2, 0.25) is 5.89 Å². The van der Waals surface area contributed by atoms with Gasteiger partial charge in [-0.25, -0.2) is 0 Å². The van der Waals surface area contributed by atoms with Gasteiger partial charge in [-0.2, -0.15) is 0 Å². The average molecular weight is 271 g/mol. The van der Waals surface area contributed by atoms with Crippen LogP contribution in [0.1, 0.15) is 29.8 Å². The largest absolute Gasteiger partial charge is 0.469 e. The van der Waals surface area contributed by atoms with Crippen LogP contribution in [0.3, 0.4) is 0 Å². The van der Waals surface area contributed by atoms with Crippen LogP contribution in [0.4, 0.5) is 0 Å². The molecule has 4 nitrogen and oxygen atoms in total. The number of furan rings is 1. The normalized spacial score (nSPS) is 13.0. The third-order valence-corrected chi connectivity index (χ3v) is 3.08. The highest BCUT2D eigenvalue weighted by atomic mass is 79.9. The summed E-state index contributed by atoms with van der Waals surface area (Å²) in [5, 5.41) is 7.93. The number of hydrogen-bond donors (Lipinski definition) is 0. The number of aromatic nitrogens is 2. The molecule has 2 aromatic heterocycles. The first-order valence-corrected chi connectivity index (χ1v) is 5.65. The second kappa shape index (κ2) is 4.18. The Morgan fingerprint density at radius 2 is 2.27 bits per heavy atom. The molecule has 2 heterocycles. The minimum Gasteiger partial charge on any atom is -0.469 e. The summed E-state index contributed by atoms with van der Waals surface area (Å²) in [7, 11) is 0. The SMILES string of the molecule is CCC(Br)c1nnc(-c2coc(C)c2)o1. The number of nitrogens with zero attached hydrogens (tertiary/aromatic N) is 2. The molecule has 0 amide bonds. The molecule has 0 spiro atoms. The van der Waals surface area contributed by atoms with Crippen molar-refractivity contribution in [2.24, 2.45) is 0 Å². The Hall–Kier alpha value is -1.10. The van der Waals surface area contributed by atoms with Gasteiger partial charge in [0.05, 0.1) is 10.4 Å². The van der Waals surface area contributed by atoms with E-state index in [2.05, 4.69) is 26.1 Å². The third-order valence-electron chi connectivity index (χ3n) is 2.04. The van der Waals surface area contributed by atoms with E-state index in [1.807, 2.05) is 19.9 Å². The Morgan fingerprint density at radius 1 is 1.47 bits per heavy atom. The summed E-state index contributed by atoms with van der Waals surface area (Å²) in [4.78, 5) is 0.117. The molecule has 2 aromatic rings. The van der Waals surface area contributed by atoms with Gasteiger partial charge >= 0.3 is 0 Å². The molecule has 0 aromatic carbocycles. The topological polar surface area (TPSA) is 52.1 Å². The van der Waals surface area contributed by atoms with Crippen molar-refractivity contribution < 1.29 is 8.83 Å². The zero-order valence-electron chi connectivity index (χ0n) is 8.53. The van der Waals surface area contributed by atoms with Gasteiger partial charge in [-0.3, -0.25) is 0 Å². The van der Waals surface area contributed by atoms with Gasteiger partial charge in [0, 0.05) is 0 Å². The fourth-order valence-electron chi connectivity index (χ4n) is 1.21. The van der Waals surface area contributed by atoms with Crippen molar-refractivity contribution in [1.29, 1.82) is 0 Å². The Labute approximate surface area is 95.8 Å². The quantitative estimate of drug-likeness (QED) is 0.802. The second-order valence-electron chi connectivity index (χ2n) is 3.27. The van der Waals surface area contributed by atoms with E-state index in [0.717, 1.165) is 17.7 Å². The van der Waals surface area contributed by atoms with E-state index in [1.54, 1.807) is 6.26 Å². The molecule has 0 saturated heterocycles. The Kier molecular flexibility index (Phi) is 2.90. The van der Waals surface area contributed by atoms with Crippen molar-refractivity contribution in [1.82, 2.24) is 10.2 Å². The molecular weight excluding hydrogens is 260 g/mol. The van der Waals surface area contributed by atoms with Crippen molar-refractivity contribution in [3.05, 3.63) is 24.0 Å². The lowest BCUT2D eigenvalue weighted by Gasteiger charge is -1.97.